The minimum absolute atomic E-state index is 0.0832. The molecule has 1 heterocycles. The fraction of sp³-hybridized carbons (Fsp3) is 0.500. The van der Waals surface area contributed by atoms with Crippen LogP contribution in [0.2, 0.25) is 0 Å². The van der Waals surface area contributed by atoms with E-state index in [2.05, 4.69) is 26.1 Å². The van der Waals surface area contributed by atoms with Gasteiger partial charge in [-0.2, -0.15) is 0 Å². The number of carbonyl (C=O) groups is 2. The second kappa shape index (κ2) is 7.94. The number of nitrogens with one attached hydrogen (secondary N) is 1. The number of hydrogen-bond donors (Lipinski definition) is 1. The minimum atomic E-state index is -0.366. The van der Waals surface area contributed by atoms with Gasteiger partial charge in [0.25, 0.3) is 0 Å². The molecule has 3 rings (SSSR count). The number of allylic oxidation sites excluding steroid dienone is 3. The van der Waals surface area contributed by atoms with Crippen LogP contribution in [0.25, 0.3) is 0 Å². The number of hydrogen-bond acceptors (Lipinski definition) is 4. The van der Waals surface area contributed by atoms with Crippen molar-refractivity contribution in [3.63, 3.8) is 0 Å². The lowest BCUT2D eigenvalue weighted by molar-refractivity contribution is -0.139. The number of dihydropyridines is 1. The fourth-order valence-corrected chi connectivity index (χ4v) is 4.19. The smallest absolute Gasteiger partial charge is 0.336 e. The van der Waals surface area contributed by atoms with E-state index in [0.717, 1.165) is 47.4 Å². The van der Waals surface area contributed by atoms with Crippen LogP contribution in [0.5, 0.6) is 0 Å². The van der Waals surface area contributed by atoms with Gasteiger partial charge in [0.1, 0.15) is 0 Å². The third-order valence-electron chi connectivity index (χ3n) is 5.60. The van der Waals surface area contributed by atoms with Gasteiger partial charge < -0.3 is 10.1 Å². The largest absolute Gasteiger partial charge is 0.462 e. The zero-order valence-electron chi connectivity index (χ0n) is 17.6. The summed E-state index contributed by atoms with van der Waals surface area (Å²) in [6.07, 6.45) is 3.09. The summed E-state index contributed by atoms with van der Waals surface area (Å²) >= 11 is 0. The lowest BCUT2D eigenvalue weighted by atomic mass is 9.68. The summed E-state index contributed by atoms with van der Waals surface area (Å²) in [5.74, 6) is -0.571. The summed E-state index contributed by atoms with van der Waals surface area (Å²) in [6, 6.07) is 8.11. The normalized spacial score (nSPS) is 21.3. The Labute approximate surface area is 168 Å². The number of ketones is 1. The first-order chi connectivity index (χ1) is 13.2. The van der Waals surface area contributed by atoms with Gasteiger partial charge in [-0.15, -0.1) is 0 Å². The molecule has 28 heavy (non-hydrogen) atoms. The molecule has 0 saturated carbocycles. The average molecular weight is 382 g/mol. The molecule has 1 atom stereocenters. The lowest BCUT2D eigenvalue weighted by Gasteiger charge is -2.39. The minimum Gasteiger partial charge on any atom is -0.462 e. The molecule has 4 heteroatoms. The highest BCUT2D eigenvalue weighted by molar-refractivity contribution is 6.04. The standard InChI is InChI=1S/C24H31NO3/c1-6-7-12-28-23(27)20-16(3)25-18-13-24(4,5)14-19(26)22(18)21(20)17-10-8-15(2)9-11-17/h8-11,21,25H,6-7,12-14H2,1-5H3/t21-/m1/s1. The molecule has 1 aromatic carbocycles. The molecule has 1 N–H and O–H groups in total. The zero-order valence-corrected chi connectivity index (χ0v) is 17.6. The molecule has 0 aromatic heterocycles. The van der Waals surface area contributed by atoms with Gasteiger partial charge in [-0.25, -0.2) is 4.79 Å². The van der Waals surface area contributed by atoms with Crippen LogP contribution in [0.3, 0.4) is 0 Å². The van der Waals surface area contributed by atoms with Gasteiger partial charge in [-0.3, -0.25) is 4.79 Å². The summed E-state index contributed by atoms with van der Waals surface area (Å²) in [5.41, 5.74) is 5.07. The first-order valence-electron chi connectivity index (χ1n) is 10.2. The van der Waals surface area contributed by atoms with Gasteiger partial charge >= 0.3 is 5.97 Å². The van der Waals surface area contributed by atoms with Crippen molar-refractivity contribution in [2.24, 2.45) is 5.41 Å². The molecule has 1 aliphatic heterocycles. The maximum absolute atomic E-state index is 13.2. The van der Waals surface area contributed by atoms with Gasteiger partial charge in [0, 0.05) is 29.3 Å². The molecule has 0 saturated heterocycles. The second-order valence-electron chi connectivity index (χ2n) is 8.83. The summed E-state index contributed by atoms with van der Waals surface area (Å²) < 4.78 is 5.55. The summed E-state index contributed by atoms with van der Waals surface area (Å²) in [7, 11) is 0. The number of esters is 1. The van der Waals surface area contributed by atoms with E-state index >= 15 is 0 Å². The van der Waals surface area contributed by atoms with Crippen LogP contribution in [0, 0.1) is 12.3 Å². The Morgan fingerprint density at radius 3 is 2.50 bits per heavy atom. The van der Waals surface area contributed by atoms with Crippen molar-refractivity contribution in [2.45, 2.75) is 66.2 Å². The molecule has 1 aliphatic carbocycles. The second-order valence-corrected chi connectivity index (χ2v) is 8.83. The van der Waals surface area contributed by atoms with Crippen molar-refractivity contribution in [1.82, 2.24) is 5.32 Å². The van der Waals surface area contributed by atoms with Gasteiger partial charge in [-0.05, 0) is 37.7 Å². The Morgan fingerprint density at radius 1 is 1.18 bits per heavy atom. The van der Waals surface area contributed by atoms with Crippen LogP contribution < -0.4 is 5.32 Å². The van der Waals surface area contributed by atoms with E-state index in [1.165, 1.54) is 0 Å². The SMILES string of the molecule is CCCCOC(=O)C1=C(C)NC2=C(C(=O)CC(C)(C)C2)[C@@H]1c1ccc(C)cc1. The summed E-state index contributed by atoms with van der Waals surface area (Å²) in [5, 5.41) is 3.37. The number of rotatable bonds is 5. The summed E-state index contributed by atoms with van der Waals surface area (Å²) in [4.78, 5) is 26.1. The molecule has 2 aliphatic rings. The van der Waals surface area contributed by atoms with Gasteiger partial charge in [0.05, 0.1) is 12.2 Å². The van der Waals surface area contributed by atoms with E-state index in [4.69, 9.17) is 4.74 Å². The predicted octanol–water partition coefficient (Wildman–Crippen LogP) is 4.94. The third-order valence-corrected chi connectivity index (χ3v) is 5.60. The van der Waals surface area contributed by atoms with Crippen molar-refractivity contribution < 1.29 is 14.3 Å². The van der Waals surface area contributed by atoms with E-state index in [0.29, 0.717) is 18.6 Å². The van der Waals surface area contributed by atoms with E-state index in [1.54, 1.807) is 0 Å². The molecular weight excluding hydrogens is 350 g/mol. The first-order valence-corrected chi connectivity index (χ1v) is 10.2. The van der Waals surface area contributed by atoms with Crippen LogP contribution in [-0.4, -0.2) is 18.4 Å². The number of benzene rings is 1. The molecule has 0 amide bonds. The highest BCUT2D eigenvalue weighted by atomic mass is 16.5. The molecule has 0 bridgehead atoms. The van der Waals surface area contributed by atoms with Crippen molar-refractivity contribution in [3.05, 3.63) is 57.9 Å². The van der Waals surface area contributed by atoms with E-state index in [-0.39, 0.29) is 23.1 Å². The molecular formula is C24H31NO3. The van der Waals surface area contributed by atoms with Crippen LogP contribution in [0.4, 0.5) is 0 Å². The van der Waals surface area contributed by atoms with Crippen molar-refractivity contribution in [2.75, 3.05) is 6.61 Å². The van der Waals surface area contributed by atoms with Crippen LogP contribution in [-0.2, 0) is 14.3 Å². The highest BCUT2D eigenvalue weighted by Gasteiger charge is 2.43. The van der Waals surface area contributed by atoms with E-state index in [9.17, 15) is 9.59 Å². The number of Topliss-reactive ketones (excluding diaryl/α,β-unsaturated/α-hetero) is 1. The van der Waals surface area contributed by atoms with Gasteiger partial charge in [-0.1, -0.05) is 57.0 Å². The molecule has 0 fully saturated rings. The number of aryl methyl sites for hydroxylation is 1. The van der Waals surface area contributed by atoms with E-state index < -0.39 is 0 Å². The third kappa shape index (κ3) is 4.06. The van der Waals surface area contributed by atoms with Crippen molar-refractivity contribution in [3.8, 4) is 0 Å². The number of carbonyl (C=O) groups excluding carboxylic acids is 2. The molecule has 4 nitrogen and oxygen atoms in total. The molecule has 1 aromatic rings. The fourth-order valence-electron chi connectivity index (χ4n) is 4.19. The number of unbranched alkanes of at least 4 members (excludes halogenated alkanes) is 1. The first kappa shape index (κ1) is 20.4. The highest BCUT2D eigenvalue weighted by Crippen LogP contribution is 2.46. The van der Waals surface area contributed by atoms with Crippen LogP contribution in [0.1, 0.15) is 70.4 Å². The van der Waals surface area contributed by atoms with Crippen LogP contribution >= 0.6 is 0 Å². The predicted molar refractivity (Wildman–Crippen MR) is 111 cm³/mol. The van der Waals surface area contributed by atoms with Crippen molar-refractivity contribution in [1.29, 1.82) is 0 Å². The Bertz CT molecular complexity index is 843. The Balaban J connectivity index is 2.07. The number of ether oxygens (including phenoxy) is 1. The quantitative estimate of drug-likeness (QED) is 0.580. The monoisotopic (exact) mass is 381 g/mol. The Morgan fingerprint density at radius 2 is 1.86 bits per heavy atom. The van der Waals surface area contributed by atoms with Crippen LogP contribution in [0.15, 0.2) is 46.8 Å². The van der Waals surface area contributed by atoms with E-state index in [1.807, 2.05) is 38.1 Å². The molecule has 0 radical (unpaired) electrons. The molecule has 0 spiro atoms. The Kier molecular flexibility index (Phi) is 5.78. The Hall–Kier alpha value is -2.36. The maximum atomic E-state index is 13.2. The molecule has 0 unspecified atom stereocenters. The topological polar surface area (TPSA) is 55.4 Å². The van der Waals surface area contributed by atoms with Gasteiger partial charge in [0.15, 0.2) is 5.78 Å². The summed E-state index contributed by atoms with van der Waals surface area (Å²) in [6.45, 7) is 10.6. The average Bonchev–Trinajstić information content (AvgIpc) is 2.60. The lowest BCUT2D eigenvalue weighted by Crippen LogP contribution is -2.38. The van der Waals surface area contributed by atoms with Gasteiger partial charge in [0.2, 0.25) is 0 Å². The maximum Gasteiger partial charge on any atom is 0.336 e. The van der Waals surface area contributed by atoms with Crippen molar-refractivity contribution >= 4 is 11.8 Å². The zero-order chi connectivity index (χ0) is 20.5. The molecule has 150 valence electrons.